The van der Waals surface area contributed by atoms with Crippen molar-refractivity contribution in [2.45, 2.75) is 26.3 Å². The van der Waals surface area contributed by atoms with E-state index in [1.165, 1.54) is 0 Å². The van der Waals surface area contributed by atoms with Gasteiger partial charge in [0.15, 0.2) is 5.58 Å². The molecule has 1 fully saturated rings. The first kappa shape index (κ1) is 17.8. The molecule has 1 atom stereocenters. The van der Waals surface area contributed by atoms with Crippen LogP contribution in [0.1, 0.15) is 24.1 Å². The molecule has 1 aliphatic heterocycles. The highest BCUT2D eigenvalue weighted by Crippen LogP contribution is 2.28. The second-order valence-electron chi connectivity index (χ2n) is 6.88. The summed E-state index contributed by atoms with van der Waals surface area (Å²) in [5.74, 6) is -0.0507. The van der Waals surface area contributed by atoms with Gasteiger partial charge in [-0.2, -0.15) is 4.98 Å². The molecule has 1 saturated heterocycles. The molecule has 4 rings (SSSR count). The van der Waals surface area contributed by atoms with Crippen molar-refractivity contribution in [2.24, 2.45) is 5.92 Å². The summed E-state index contributed by atoms with van der Waals surface area (Å²) >= 11 is 6.02. The quantitative estimate of drug-likeness (QED) is 0.742. The van der Waals surface area contributed by atoms with Gasteiger partial charge >= 0.3 is 0 Å². The van der Waals surface area contributed by atoms with E-state index in [4.69, 9.17) is 16.0 Å². The molecule has 7 heteroatoms. The van der Waals surface area contributed by atoms with Gasteiger partial charge in [0.1, 0.15) is 5.52 Å². The summed E-state index contributed by atoms with van der Waals surface area (Å²) in [6.45, 7) is 3.86. The van der Waals surface area contributed by atoms with E-state index in [0.29, 0.717) is 29.7 Å². The van der Waals surface area contributed by atoms with Crippen LogP contribution < -0.4 is 10.2 Å². The van der Waals surface area contributed by atoms with Crippen LogP contribution in [0.4, 0.5) is 6.01 Å². The summed E-state index contributed by atoms with van der Waals surface area (Å²) in [7, 11) is 0. The third-order valence-corrected chi connectivity index (χ3v) is 5.18. The van der Waals surface area contributed by atoms with Gasteiger partial charge in [0.2, 0.25) is 5.91 Å². The first-order chi connectivity index (χ1) is 13.1. The van der Waals surface area contributed by atoms with E-state index in [0.717, 1.165) is 36.2 Å². The third-order valence-electron chi connectivity index (χ3n) is 4.95. The molecule has 0 saturated carbocycles. The number of carbonyl (C=O) groups is 1. The van der Waals surface area contributed by atoms with Crippen LogP contribution in [0.25, 0.3) is 11.1 Å². The Morgan fingerprint density at radius 1 is 1.41 bits per heavy atom. The molecule has 1 amide bonds. The number of aryl methyl sites for hydroxylation is 1. The van der Waals surface area contributed by atoms with Crippen molar-refractivity contribution in [3.63, 3.8) is 0 Å². The number of carbonyl (C=O) groups excluding carboxylic acids is 1. The highest BCUT2D eigenvalue weighted by molar-refractivity contribution is 6.31. The van der Waals surface area contributed by atoms with Gasteiger partial charge < -0.3 is 14.6 Å². The van der Waals surface area contributed by atoms with Crippen LogP contribution in [0.3, 0.4) is 0 Å². The number of nitrogens with zero attached hydrogens (tertiary/aromatic N) is 3. The van der Waals surface area contributed by atoms with E-state index in [9.17, 15) is 4.79 Å². The largest absolute Gasteiger partial charge is 0.423 e. The Labute approximate surface area is 162 Å². The molecule has 1 unspecified atom stereocenters. The van der Waals surface area contributed by atoms with Gasteiger partial charge in [0.25, 0.3) is 6.01 Å². The Morgan fingerprint density at radius 2 is 2.30 bits per heavy atom. The van der Waals surface area contributed by atoms with E-state index in [-0.39, 0.29) is 11.8 Å². The minimum Gasteiger partial charge on any atom is -0.423 e. The number of hydrogen-bond acceptors (Lipinski definition) is 5. The molecular formula is C20H21ClN4O2. The van der Waals surface area contributed by atoms with Gasteiger partial charge in [-0.25, -0.2) is 0 Å². The zero-order valence-corrected chi connectivity index (χ0v) is 15.9. The third kappa shape index (κ3) is 3.90. The highest BCUT2D eigenvalue weighted by Gasteiger charge is 2.28. The number of amides is 1. The fourth-order valence-corrected chi connectivity index (χ4v) is 3.57. The number of fused-ring (bicyclic) bond motifs is 1. The molecule has 3 heterocycles. The number of halogens is 1. The lowest BCUT2D eigenvalue weighted by molar-refractivity contribution is -0.125. The Bertz CT molecular complexity index is 972. The topological polar surface area (TPSA) is 71.3 Å². The average Bonchev–Trinajstić information content (AvgIpc) is 3.10. The van der Waals surface area contributed by atoms with Crippen molar-refractivity contribution in [3.05, 3.63) is 52.8 Å². The minimum absolute atomic E-state index is 0.0453. The molecular weight excluding hydrogens is 364 g/mol. The molecule has 3 aromatic rings. The second-order valence-corrected chi connectivity index (χ2v) is 7.31. The van der Waals surface area contributed by atoms with E-state index < -0.39 is 0 Å². The van der Waals surface area contributed by atoms with Crippen LogP contribution >= 0.6 is 11.6 Å². The first-order valence-corrected chi connectivity index (χ1v) is 9.47. The van der Waals surface area contributed by atoms with E-state index in [1.54, 1.807) is 18.3 Å². The Kier molecular flexibility index (Phi) is 4.99. The number of aromatic nitrogens is 2. The molecule has 6 nitrogen and oxygen atoms in total. The molecule has 27 heavy (non-hydrogen) atoms. The second kappa shape index (κ2) is 7.56. The molecule has 0 radical (unpaired) electrons. The Morgan fingerprint density at radius 3 is 3.15 bits per heavy atom. The smallest absolute Gasteiger partial charge is 0.298 e. The molecule has 140 valence electrons. The van der Waals surface area contributed by atoms with Crippen molar-refractivity contribution < 1.29 is 9.21 Å². The lowest BCUT2D eigenvalue weighted by atomic mass is 9.97. The maximum Gasteiger partial charge on any atom is 0.298 e. The predicted octanol–water partition coefficient (Wildman–Crippen LogP) is 3.72. The number of hydrogen-bond donors (Lipinski definition) is 1. The minimum atomic E-state index is -0.0960. The molecule has 1 aliphatic rings. The maximum atomic E-state index is 12.6. The van der Waals surface area contributed by atoms with Crippen molar-refractivity contribution in [2.75, 3.05) is 18.0 Å². The monoisotopic (exact) mass is 384 g/mol. The summed E-state index contributed by atoms with van der Waals surface area (Å²) in [5.41, 5.74) is 3.41. The van der Waals surface area contributed by atoms with Gasteiger partial charge in [0, 0.05) is 24.3 Å². The first-order valence-electron chi connectivity index (χ1n) is 9.09. The average molecular weight is 385 g/mol. The van der Waals surface area contributed by atoms with Crippen LogP contribution in [0.5, 0.6) is 0 Å². The van der Waals surface area contributed by atoms with Crippen LogP contribution in [-0.4, -0.2) is 29.0 Å². The molecule has 1 aromatic carbocycles. The van der Waals surface area contributed by atoms with Crippen LogP contribution in [0, 0.1) is 12.8 Å². The zero-order chi connectivity index (χ0) is 18.8. The number of piperidine rings is 1. The van der Waals surface area contributed by atoms with Gasteiger partial charge in [-0.15, -0.1) is 0 Å². The van der Waals surface area contributed by atoms with Crippen LogP contribution in [0.2, 0.25) is 5.02 Å². The summed E-state index contributed by atoms with van der Waals surface area (Å²) in [6.07, 6.45) is 3.52. The molecule has 0 spiro atoms. The van der Waals surface area contributed by atoms with E-state index in [2.05, 4.69) is 15.3 Å². The highest BCUT2D eigenvalue weighted by atomic mass is 35.5. The summed E-state index contributed by atoms with van der Waals surface area (Å²) < 4.78 is 5.85. The SMILES string of the molecule is Cc1cccnc1CNC(=O)C1CCCN(c2nc3cc(Cl)ccc3o2)C1. The van der Waals surface area contributed by atoms with Crippen LogP contribution in [0.15, 0.2) is 40.9 Å². The number of benzene rings is 1. The number of rotatable bonds is 4. The van der Waals surface area contributed by atoms with Crippen molar-refractivity contribution in [3.8, 4) is 0 Å². The van der Waals surface area contributed by atoms with Crippen LogP contribution in [-0.2, 0) is 11.3 Å². The zero-order valence-electron chi connectivity index (χ0n) is 15.1. The standard InChI is InChI=1S/C20H21ClN4O2/c1-13-4-2-8-22-17(13)11-23-19(26)14-5-3-9-25(12-14)20-24-16-10-15(21)6-7-18(16)27-20/h2,4,6-8,10,14H,3,5,9,11-12H2,1H3,(H,23,26). The molecule has 2 aromatic heterocycles. The fraction of sp³-hybridized carbons (Fsp3) is 0.350. The summed E-state index contributed by atoms with van der Waals surface area (Å²) in [5, 5.41) is 3.65. The number of pyridine rings is 1. The normalized spacial score (nSPS) is 17.3. The summed E-state index contributed by atoms with van der Waals surface area (Å²) in [6, 6.07) is 9.82. The maximum absolute atomic E-state index is 12.6. The van der Waals surface area contributed by atoms with Gasteiger partial charge in [-0.3, -0.25) is 9.78 Å². The lowest BCUT2D eigenvalue weighted by Gasteiger charge is -2.30. The number of nitrogens with one attached hydrogen (secondary N) is 1. The van der Waals surface area contributed by atoms with E-state index >= 15 is 0 Å². The van der Waals surface area contributed by atoms with Gasteiger partial charge in [-0.1, -0.05) is 17.7 Å². The van der Waals surface area contributed by atoms with Crippen molar-refractivity contribution in [1.82, 2.24) is 15.3 Å². The predicted molar refractivity (Wildman–Crippen MR) is 105 cm³/mol. The fourth-order valence-electron chi connectivity index (χ4n) is 3.41. The van der Waals surface area contributed by atoms with E-state index in [1.807, 2.05) is 30.0 Å². The van der Waals surface area contributed by atoms with Crippen molar-refractivity contribution in [1.29, 1.82) is 0 Å². The van der Waals surface area contributed by atoms with Crippen molar-refractivity contribution >= 4 is 34.6 Å². The van der Waals surface area contributed by atoms with Gasteiger partial charge in [0.05, 0.1) is 18.2 Å². The number of oxazole rings is 1. The Hall–Kier alpha value is -2.60. The Balaban J connectivity index is 1.42. The molecule has 0 aliphatic carbocycles. The molecule has 1 N–H and O–H groups in total. The summed E-state index contributed by atoms with van der Waals surface area (Å²) in [4.78, 5) is 23.5. The van der Waals surface area contributed by atoms with Gasteiger partial charge in [-0.05, 0) is 49.6 Å². The number of anilines is 1. The molecule has 0 bridgehead atoms. The lowest BCUT2D eigenvalue weighted by Crippen LogP contribution is -2.43.